The Kier molecular flexibility index (Phi) is 4.22. The second kappa shape index (κ2) is 6.08. The highest BCUT2D eigenvalue weighted by Gasteiger charge is 2.12. The molecule has 0 saturated heterocycles. The van der Waals surface area contributed by atoms with Gasteiger partial charge in [0.15, 0.2) is 0 Å². The van der Waals surface area contributed by atoms with Gasteiger partial charge in [0.25, 0.3) is 5.91 Å². The maximum absolute atomic E-state index is 12.0. The summed E-state index contributed by atoms with van der Waals surface area (Å²) in [4.78, 5) is 12.0. The zero-order valence-electron chi connectivity index (χ0n) is 11.1. The predicted molar refractivity (Wildman–Crippen MR) is 76.9 cm³/mol. The van der Waals surface area contributed by atoms with Gasteiger partial charge < -0.3 is 20.8 Å². The number of aromatic hydroxyl groups is 2. The number of rotatable bonds is 4. The summed E-state index contributed by atoms with van der Waals surface area (Å²) in [5, 5.41) is 24.7. The van der Waals surface area contributed by atoms with E-state index in [1.165, 1.54) is 18.2 Å². The number of amides is 1. The number of carbonyl (C=O) groups excluding carboxylic acids is 1. The van der Waals surface area contributed by atoms with Crippen molar-refractivity contribution >= 4 is 11.6 Å². The minimum Gasteiger partial charge on any atom is -0.508 e. The van der Waals surface area contributed by atoms with Crippen molar-refractivity contribution in [2.75, 3.05) is 12.4 Å². The molecule has 0 aliphatic carbocycles. The first-order valence-electron chi connectivity index (χ1n) is 6.17. The molecule has 0 bridgehead atoms. The third-order valence-electron chi connectivity index (χ3n) is 2.82. The second-order valence-corrected chi connectivity index (χ2v) is 4.38. The maximum Gasteiger partial charge on any atom is 0.259 e. The highest BCUT2D eigenvalue weighted by Crippen LogP contribution is 2.23. The molecular weight excluding hydrogens is 256 g/mol. The van der Waals surface area contributed by atoms with E-state index in [1.807, 2.05) is 19.2 Å². The number of hydrogen-bond donors (Lipinski definition) is 4. The number of hydrogen-bond acceptors (Lipinski definition) is 4. The molecule has 2 aromatic carbocycles. The molecule has 0 saturated carbocycles. The van der Waals surface area contributed by atoms with Crippen molar-refractivity contribution < 1.29 is 15.0 Å². The topological polar surface area (TPSA) is 81.6 Å². The zero-order chi connectivity index (χ0) is 14.5. The molecule has 5 heteroatoms. The van der Waals surface area contributed by atoms with Gasteiger partial charge in [-0.3, -0.25) is 4.79 Å². The van der Waals surface area contributed by atoms with Crippen molar-refractivity contribution in [2.24, 2.45) is 0 Å². The summed E-state index contributed by atoms with van der Waals surface area (Å²) in [5.74, 6) is -0.718. The lowest BCUT2D eigenvalue weighted by Crippen LogP contribution is -2.12. The summed E-state index contributed by atoms with van der Waals surface area (Å²) in [6, 6.07) is 11.2. The lowest BCUT2D eigenvalue weighted by molar-refractivity contribution is 0.102. The van der Waals surface area contributed by atoms with E-state index in [-0.39, 0.29) is 17.1 Å². The van der Waals surface area contributed by atoms with Crippen molar-refractivity contribution in [3.63, 3.8) is 0 Å². The summed E-state index contributed by atoms with van der Waals surface area (Å²) in [6.45, 7) is 0.752. The fourth-order valence-corrected chi connectivity index (χ4v) is 1.81. The second-order valence-electron chi connectivity index (χ2n) is 4.38. The van der Waals surface area contributed by atoms with Crippen LogP contribution in [0.2, 0.25) is 0 Å². The average molecular weight is 272 g/mol. The first-order valence-corrected chi connectivity index (χ1v) is 6.17. The van der Waals surface area contributed by atoms with Crippen LogP contribution in [0.1, 0.15) is 15.9 Å². The molecule has 1 amide bonds. The lowest BCUT2D eigenvalue weighted by Gasteiger charge is -2.08. The number of anilines is 1. The Morgan fingerprint density at radius 2 is 1.80 bits per heavy atom. The maximum atomic E-state index is 12.0. The average Bonchev–Trinajstić information content (AvgIpc) is 2.44. The van der Waals surface area contributed by atoms with Gasteiger partial charge in [-0.15, -0.1) is 0 Å². The quantitative estimate of drug-likeness (QED) is 0.642. The molecule has 0 radical (unpaired) electrons. The summed E-state index contributed by atoms with van der Waals surface area (Å²) >= 11 is 0. The number of benzene rings is 2. The summed E-state index contributed by atoms with van der Waals surface area (Å²) < 4.78 is 0. The monoisotopic (exact) mass is 272 g/mol. The van der Waals surface area contributed by atoms with Gasteiger partial charge in [0.2, 0.25) is 0 Å². The molecule has 2 rings (SSSR count). The fraction of sp³-hybridized carbons (Fsp3) is 0.133. The fourth-order valence-electron chi connectivity index (χ4n) is 1.81. The Labute approximate surface area is 116 Å². The van der Waals surface area contributed by atoms with Gasteiger partial charge in [0, 0.05) is 12.2 Å². The van der Waals surface area contributed by atoms with Crippen molar-refractivity contribution in [3.05, 3.63) is 53.6 Å². The van der Waals surface area contributed by atoms with Crippen LogP contribution >= 0.6 is 0 Å². The van der Waals surface area contributed by atoms with Crippen molar-refractivity contribution in [1.29, 1.82) is 0 Å². The third-order valence-corrected chi connectivity index (χ3v) is 2.82. The van der Waals surface area contributed by atoms with Crippen LogP contribution in [-0.4, -0.2) is 23.2 Å². The van der Waals surface area contributed by atoms with E-state index in [9.17, 15) is 15.0 Å². The minimum absolute atomic E-state index is 0.0318. The SMILES string of the molecule is CNCc1ccc(NC(=O)c2cc(O)ccc2O)cc1. The Balaban J connectivity index is 2.13. The Morgan fingerprint density at radius 1 is 1.10 bits per heavy atom. The van der Waals surface area contributed by atoms with Crippen LogP contribution in [0.4, 0.5) is 5.69 Å². The lowest BCUT2D eigenvalue weighted by atomic mass is 10.1. The van der Waals surface area contributed by atoms with Crippen molar-refractivity contribution in [3.8, 4) is 11.5 Å². The van der Waals surface area contributed by atoms with Gasteiger partial charge in [-0.1, -0.05) is 12.1 Å². The number of carbonyl (C=O) groups is 1. The van der Waals surface area contributed by atoms with Crippen LogP contribution in [0.15, 0.2) is 42.5 Å². The normalized spacial score (nSPS) is 10.2. The zero-order valence-corrected chi connectivity index (χ0v) is 11.1. The van der Waals surface area contributed by atoms with Crippen LogP contribution < -0.4 is 10.6 Å². The molecule has 0 unspecified atom stereocenters. The molecule has 5 nitrogen and oxygen atoms in total. The summed E-state index contributed by atoms with van der Waals surface area (Å²) in [6.07, 6.45) is 0. The largest absolute Gasteiger partial charge is 0.508 e. The molecule has 0 aliphatic rings. The Hall–Kier alpha value is -2.53. The molecule has 104 valence electrons. The van der Waals surface area contributed by atoms with Crippen LogP contribution in [0.3, 0.4) is 0 Å². The van der Waals surface area contributed by atoms with Gasteiger partial charge in [0.1, 0.15) is 11.5 Å². The highest BCUT2D eigenvalue weighted by molar-refractivity contribution is 6.06. The molecule has 0 fully saturated rings. The van der Waals surface area contributed by atoms with E-state index in [1.54, 1.807) is 12.1 Å². The van der Waals surface area contributed by atoms with Gasteiger partial charge in [-0.25, -0.2) is 0 Å². The van der Waals surface area contributed by atoms with E-state index in [2.05, 4.69) is 10.6 Å². The van der Waals surface area contributed by atoms with E-state index < -0.39 is 5.91 Å². The molecule has 2 aromatic rings. The molecular formula is C15H16N2O3. The summed E-state index contributed by atoms with van der Waals surface area (Å²) in [7, 11) is 1.86. The van der Waals surface area contributed by atoms with Gasteiger partial charge >= 0.3 is 0 Å². The Morgan fingerprint density at radius 3 is 2.45 bits per heavy atom. The number of phenols is 2. The minimum atomic E-state index is -0.472. The van der Waals surface area contributed by atoms with Gasteiger partial charge in [-0.05, 0) is 42.9 Å². The van der Waals surface area contributed by atoms with Crippen LogP contribution in [0.25, 0.3) is 0 Å². The first kappa shape index (κ1) is 13.9. The molecule has 4 N–H and O–H groups in total. The highest BCUT2D eigenvalue weighted by atomic mass is 16.3. The van der Waals surface area contributed by atoms with Crippen LogP contribution in [0.5, 0.6) is 11.5 Å². The molecule has 0 spiro atoms. The van der Waals surface area contributed by atoms with Gasteiger partial charge in [0.05, 0.1) is 5.56 Å². The van der Waals surface area contributed by atoms with E-state index in [0.717, 1.165) is 12.1 Å². The molecule has 0 heterocycles. The summed E-state index contributed by atoms with van der Waals surface area (Å²) in [5.41, 5.74) is 1.76. The first-order chi connectivity index (χ1) is 9.60. The van der Waals surface area contributed by atoms with Crippen LogP contribution in [-0.2, 0) is 6.54 Å². The van der Waals surface area contributed by atoms with E-state index >= 15 is 0 Å². The van der Waals surface area contributed by atoms with E-state index in [0.29, 0.717) is 5.69 Å². The van der Waals surface area contributed by atoms with E-state index in [4.69, 9.17) is 0 Å². The Bertz CT molecular complexity index is 609. The molecule has 0 atom stereocenters. The van der Waals surface area contributed by atoms with Crippen LogP contribution in [0, 0.1) is 0 Å². The third kappa shape index (κ3) is 3.27. The van der Waals surface area contributed by atoms with Crippen molar-refractivity contribution in [1.82, 2.24) is 5.32 Å². The molecule has 0 aliphatic heterocycles. The molecule has 0 aromatic heterocycles. The smallest absolute Gasteiger partial charge is 0.259 e. The standard InChI is InChI=1S/C15H16N2O3/c1-16-9-10-2-4-11(5-3-10)17-15(20)13-8-12(18)6-7-14(13)19/h2-8,16,18-19H,9H2,1H3,(H,17,20). The van der Waals surface area contributed by atoms with Crippen molar-refractivity contribution in [2.45, 2.75) is 6.54 Å². The number of nitrogens with one attached hydrogen (secondary N) is 2. The molecule has 20 heavy (non-hydrogen) atoms. The van der Waals surface area contributed by atoms with Gasteiger partial charge in [-0.2, -0.15) is 0 Å². The predicted octanol–water partition coefficient (Wildman–Crippen LogP) is 2.07. The number of phenolic OH excluding ortho intramolecular Hbond substituents is 2.